The topological polar surface area (TPSA) is 78.4 Å². The van der Waals surface area contributed by atoms with Gasteiger partial charge >= 0.3 is 6.03 Å². The molecule has 1 N–H and O–H groups in total. The molecule has 0 saturated carbocycles. The maximum Gasteiger partial charge on any atom is 0.320 e. The van der Waals surface area contributed by atoms with Crippen molar-refractivity contribution in [2.24, 2.45) is 0 Å². The van der Waals surface area contributed by atoms with Gasteiger partial charge in [0, 0.05) is 26.2 Å². The lowest BCUT2D eigenvalue weighted by Gasteiger charge is -2.26. The average molecular weight is 345 g/mol. The second-order valence-electron chi connectivity index (χ2n) is 5.80. The fourth-order valence-corrected chi connectivity index (χ4v) is 3.44. The first kappa shape index (κ1) is 16.4. The van der Waals surface area contributed by atoms with Gasteiger partial charge < -0.3 is 9.80 Å². The number of urea groups is 1. The minimum absolute atomic E-state index is 0.144. The number of likely N-dealkylation sites (tertiary alicyclic amines) is 1. The van der Waals surface area contributed by atoms with Crippen molar-refractivity contribution >= 4 is 28.4 Å². The molecule has 24 heavy (non-hydrogen) atoms. The number of hydrogen-bond donors (Lipinski definition) is 1. The summed E-state index contributed by atoms with van der Waals surface area (Å²) in [6, 6.07) is 9.08. The van der Waals surface area contributed by atoms with Crippen LogP contribution in [0.15, 0.2) is 30.3 Å². The van der Waals surface area contributed by atoms with Crippen molar-refractivity contribution < 1.29 is 9.59 Å². The van der Waals surface area contributed by atoms with E-state index in [1.54, 1.807) is 19.0 Å². The summed E-state index contributed by atoms with van der Waals surface area (Å²) in [7, 11) is 3.37. The van der Waals surface area contributed by atoms with Crippen molar-refractivity contribution in [2.45, 2.75) is 18.9 Å². The van der Waals surface area contributed by atoms with E-state index in [0.717, 1.165) is 17.0 Å². The molecule has 1 aliphatic rings. The molecule has 2 aromatic rings. The fraction of sp³-hybridized carbons (Fsp3) is 0.375. The zero-order valence-electron chi connectivity index (χ0n) is 13.6. The molecule has 1 atom stereocenters. The largest absolute Gasteiger partial charge is 0.331 e. The van der Waals surface area contributed by atoms with E-state index >= 15 is 0 Å². The number of nitrogens with one attached hydrogen (secondary N) is 1. The van der Waals surface area contributed by atoms with Gasteiger partial charge in [-0.05, 0) is 12.8 Å². The Morgan fingerprint density at radius 3 is 2.71 bits per heavy atom. The Balaban J connectivity index is 1.69. The summed E-state index contributed by atoms with van der Waals surface area (Å²) in [5.41, 5.74) is 0.959. The van der Waals surface area contributed by atoms with Crippen molar-refractivity contribution in [3.05, 3.63) is 30.3 Å². The molecule has 1 saturated heterocycles. The number of nitrogens with zero attached hydrogens (tertiary/aromatic N) is 4. The zero-order valence-corrected chi connectivity index (χ0v) is 14.4. The minimum atomic E-state index is -0.455. The average Bonchev–Trinajstić information content (AvgIpc) is 3.24. The summed E-state index contributed by atoms with van der Waals surface area (Å²) in [4.78, 5) is 27.8. The van der Waals surface area contributed by atoms with Gasteiger partial charge in [-0.2, -0.15) is 0 Å². The Kier molecular flexibility index (Phi) is 4.75. The van der Waals surface area contributed by atoms with E-state index in [4.69, 9.17) is 0 Å². The highest BCUT2D eigenvalue weighted by Crippen LogP contribution is 2.27. The standard InChI is InChI=1S/C16H19N5O2S/c1-20(2)16(23)21-10-6-9-12(21)13(22)17-15-19-18-14(24-15)11-7-4-3-5-8-11/h3-5,7-8,12H,6,9-10H2,1-2H3,(H,17,19,22). The van der Waals surface area contributed by atoms with Crippen LogP contribution in [0.1, 0.15) is 12.8 Å². The SMILES string of the molecule is CN(C)C(=O)N1CCCC1C(=O)Nc1nnc(-c2ccccc2)s1. The Bertz CT molecular complexity index is 731. The Labute approximate surface area is 144 Å². The van der Waals surface area contributed by atoms with Gasteiger partial charge in [0.25, 0.3) is 0 Å². The van der Waals surface area contributed by atoms with Crippen molar-refractivity contribution in [3.8, 4) is 10.6 Å². The van der Waals surface area contributed by atoms with Crippen molar-refractivity contribution in [1.82, 2.24) is 20.0 Å². The maximum absolute atomic E-state index is 12.5. The number of aromatic nitrogens is 2. The molecule has 7 nitrogen and oxygen atoms in total. The van der Waals surface area contributed by atoms with Gasteiger partial charge in [0.1, 0.15) is 11.0 Å². The second kappa shape index (κ2) is 6.96. The predicted molar refractivity (Wildman–Crippen MR) is 92.8 cm³/mol. The van der Waals surface area contributed by atoms with Gasteiger partial charge in [-0.15, -0.1) is 10.2 Å². The summed E-state index contributed by atoms with van der Waals surface area (Å²) < 4.78 is 0. The third-order valence-corrected chi connectivity index (χ3v) is 4.75. The van der Waals surface area contributed by atoms with E-state index in [0.29, 0.717) is 18.1 Å². The van der Waals surface area contributed by atoms with Gasteiger partial charge in [0.15, 0.2) is 0 Å². The van der Waals surface area contributed by atoms with Crippen LogP contribution >= 0.6 is 11.3 Å². The molecule has 3 rings (SSSR count). The molecule has 3 amide bonds. The molecule has 126 valence electrons. The van der Waals surface area contributed by atoms with Crippen LogP contribution in [0.2, 0.25) is 0 Å². The lowest BCUT2D eigenvalue weighted by molar-refractivity contribution is -0.119. The van der Waals surface area contributed by atoms with E-state index in [2.05, 4.69) is 15.5 Å². The van der Waals surface area contributed by atoms with Crippen molar-refractivity contribution in [2.75, 3.05) is 26.0 Å². The third-order valence-electron chi connectivity index (χ3n) is 3.86. The quantitative estimate of drug-likeness (QED) is 0.926. The highest BCUT2D eigenvalue weighted by Gasteiger charge is 2.35. The molecule has 1 unspecified atom stereocenters. The predicted octanol–water partition coefficient (Wildman–Crippen LogP) is 2.29. The van der Waals surface area contributed by atoms with Crippen LogP contribution in [0.5, 0.6) is 0 Å². The first-order valence-corrected chi connectivity index (χ1v) is 8.55. The molecule has 1 aliphatic heterocycles. The number of carbonyl (C=O) groups is 2. The maximum atomic E-state index is 12.5. The number of rotatable bonds is 3. The molecule has 8 heteroatoms. The molecule has 0 radical (unpaired) electrons. The summed E-state index contributed by atoms with van der Waals surface area (Å²) >= 11 is 1.32. The molecule has 1 aromatic carbocycles. The van der Waals surface area contributed by atoms with E-state index < -0.39 is 6.04 Å². The number of hydrogen-bond acceptors (Lipinski definition) is 5. The lowest BCUT2D eigenvalue weighted by atomic mass is 10.2. The Morgan fingerprint density at radius 2 is 2.00 bits per heavy atom. The van der Waals surface area contributed by atoms with E-state index in [9.17, 15) is 9.59 Å². The second-order valence-corrected chi connectivity index (χ2v) is 6.77. The van der Waals surface area contributed by atoms with E-state index in [1.807, 2.05) is 30.3 Å². The van der Waals surface area contributed by atoms with Gasteiger partial charge in [-0.1, -0.05) is 41.7 Å². The van der Waals surface area contributed by atoms with E-state index in [1.165, 1.54) is 16.2 Å². The number of anilines is 1. The molecule has 1 fully saturated rings. The third kappa shape index (κ3) is 3.38. The first-order chi connectivity index (χ1) is 11.6. The molecular formula is C16H19N5O2S. The number of benzene rings is 1. The van der Waals surface area contributed by atoms with Crippen LogP contribution in [-0.4, -0.2) is 58.6 Å². The van der Waals surface area contributed by atoms with Gasteiger partial charge in [-0.3, -0.25) is 10.1 Å². The summed E-state index contributed by atoms with van der Waals surface area (Å²) in [6.45, 7) is 0.598. The van der Waals surface area contributed by atoms with Crippen LogP contribution in [0.25, 0.3) is 10.6 Å². The minimum Gasteiger partial charge on any atom is -0.331 e. The van der Waals surface area contributed by atoms with Crippen LogP contribution in [-0.2, 0) is 4.79 Å². The van der Waals surface area contributed by atoms with Crippen LogP contribution in [0.3, 0.4) is 0 Å². The first-order valence-electron chi connectivity index (χ1n) is 7.74. The fourth-order valence-electron chi connectivity index (χ4n) is 2.68. The molecule has 0 spiro atoms. The van der Waals surface area contributed by atoms with Gasteiger partial charge in [0.05, 0.1) is 0 Å². The van der Waals surface area contributed by atoms with Crippen LogP contribution in [0, 0.1) is 0 Å². The number of carbonyl (C=O) groups excluding carboxylic acids is 2. The summed E-state index contributed by atoms with van der Waals surface area (Å²) in [6.07, 6.45) is 1.48. The smallest absolute Gasteiger partial charge is 0.320 e. The van der Waals surface area contributed by atoms with Crippen LogP contribution in [0.4, 0.5) is 9.93 Å². The Hall–Kier alpha value is -2.48. The monoisotopic (exact) mass is 345 g/mol. The molecule has 1 aromatic heterocycles. The Morgan fingerprint density at radius 1 is 1.25 bits per heavy atom. The molecule has 2 heterocycles. The number of amides is 3. The molecule has 0 aliphatic carbocycles. The van der Waals surface area contributed by atoms with Crippen molar-refractivity contribution in [3.63, 3.8) is 0 Å². The van der Waals surface area contributed by atoms with E-state index in [-0.39, 0.29) is 11.9 Å². The highest BCUT2D eigenvalue weighted by molar-refractivity contribution is 7.18. The highest BCUT2D eigenvalue weighted by atomic mass is 32.1. The zero-order chi connectivity index (χ0) is 17.1. The summed E-state index contributed by atoms with van der Waals surface area (Å²) in [5.74, 6) is -0.210. The normalized spacial score (nSPS) is 16.9. The lowest BCUT2D eigenvalue weighted by Crippen LogP contribution is -2.47. The van der Waals surface area contributed by atoms with Crippen molar-refractivity contribution in [1.29, 1.82) is 0 Å². The van der Waals surface area contributed by atoms with Gasteiger partial charge in [-0.25, -0.2) is 4.79 Å². The molecule has 0 bridgehead atoms. The molecular weight excluding hydrogens is 326 g/mol. The summed E-state index contributed by atoms with van der Waals surface area (Å²) in [5, 5.41) is 12.1. The van der Waals surface area contributed by atoms with Gasteiger partial charge in [0.2, 0.25) is 11.0 Å². The van der Waals surface area contributed by atoms with Crippen LogP contribution < -0.4 is 5.32 Å².